The highest BCUT2D eigenvalue weighted by atomic mass is 32.2. The van der Waals surface area contributed by atoms with Crippen LogP contribution in [-0.2, 0) is 0 Å². The number of nitrogens with one attached hydrogen (secondary N) is 1. The minimum absolute atomic E-state index is 0.0627. The average Bonchev–Trinajstić information content (AvgIpc) is 2.70. The number of H-pyrrole nitrogens is 1. The Morgan fingerprint density at radius 2 is 2.10 bits per heavy atom. The Morgan fingerprint density at radius 3 is 2.70 bits per heavy atom. The van der Waals surface area contributed by atoms with Gasteiger partial charge >= 0.3 is 5.69 Å². The fraction of sp³-hybridized carbons (Fsp3) is 0.385. The van der Waals surface area contributed by atoms with Gasteiger partial charge in [-0.2, -0.15) is 0 Å². The zero-order valence-corrected chi connectivity index (χ0v) is 12.2. The molecule has 0 radical (unpaired) electrons. The molecule has 0 saturated carbocycles. The second-order valence-electron chi connectivity index (χ2n) is 4.70. The van der Waals surface area contributed by atoms with Crippen LogP contribution in [0, 0.1) is 5.82 Å². The van der Waals surface area contributed by atoms with Crippen LogP contribution >= 0.6 is 11.8 Å². The first-order valence-electron chi connectivity index (χ1n) is 6.23. The van der Waals surface area contributed by atoms with E-state index < -0.39 is 11.9 Å². The van der Waals surface area contributed by atoms with Crippen molar-refractivity contribution in [1.82, 2.24) is 14.8 Å². The SMILES string of the molecule is CC(O)c1c(F)cccc1Sc1n[nH]c(=O)n1C(C)C. The molecule has 1 aromatic heterocycles. The van der Waals surface area contributed by atoms with Crippen LogP contribution < -0.4 is 5.69 Å². The Bertz CT molecular complexity index is 664. The molecule has 0 aliphatic carbocycles. The molecule has 0 spiro atoms. The summed E-state index contributed by atoms with van der Waals surface area (Å²) in [6.45, 7) is 5.23. The highest BCUT2D eigenvalue weighted by Gasteiger charge is 2.18. The highest BCUT2D eigenvalue weighted by Crippen LogP contribution is 2.33. The van der Waals surface area contributed by atoms with Gasteiger partial charge in [-0.1, -0.05) is 6.07 Å². The third-order valence-corrected chi connectivity index (χ3v) is 3.87. The summed E-state index contributed by atoms with van der Waals surface area (Å²) in [6, 6.07) is 4.49. The Kier molecular flexibility index (Phi) is 4.29. The normalized spacial score (nSPS) is 12.9. The minimum Gasteiger partial charge on any atom is -0.389 e. The van der Waals surface area contributed by atoms with E-state index >= 15 is 0 Å². The number of aliphatic hydroxyl groups is 1. The molecule has 0 saturated heterocycles. The first kappa shape index (κ1) is 14.8. The molecule has 108 valence electrons. The fourth-order valence-electron chi connectivity index (χ4n) is 1.93. The van der Waals surface area contributed by atoms with Gasteiger partial charge in [0.15, 0.2) is 5.16 Å². The Labute approximate surface area is 119 Å². The van der Waals surface area contributed by atoms with E-state index in [1.54, 1.807) is 12.1 Å². The van der Waals surface area contributed by atoms with Crippen molar-refractivity contribution in [2.45, 2.75) is 43.0 Å². The smallest absolute Gasteiger partial charge is 0.344 e. The number of aromatic nitrogens is 3. The Hall–Kier alpha value is -1.60. The van der Waals surface area contributed by atoms with Crippen molar-refractivity contribution in [3.8, 4) is 0 Å². The van der Waals surface area contributed by atoms with Crippen molar-refractivity contribution in [2.75, 3.05) is 0 Å². The van der Waals surface area contributed by atoms with E-state index in [1.165, 1.54) is 17.6 Å². The van der Waals surface area contributed by atoms with Gasteiger partial charge in [0.25, 0.3) is 0 Å². The Balaban J connectivity index is 2.46. The molecule has 20 heavy (non-hydrogen) atoms. The van der Waals surface area contributed by atoms with Crippen molar-refractivity contribution >= 4 is 11.8 Å². The summed E-state index contributed by atoms with van der Waals surface area (Å²) in [5.74, 6) is -0.473. The number of benzene rings is 1. The molecule has 1 atom stereocenters. The molecule has 0 bridgehead atoms. The fourth-order valence-corrected chi connectivity index (χ4v) is 3.13. The lowest BCUT2D eigenvalue weighted by Crippen LogP contribution is -2.19. The van der Waals surface area contributed by atoms with E-state index in [0.717, 1.165) is 11.8 Å². The van der Waals surface area contributed by atoms with E-state index in [0.29, 0.717) is 10.1 Å². The van der Waals surface area contributed by atoms with Gasteiger partial charge in [-0.15, -0.1) is 5.10 Å². The van der Waals surface area contributed by atoms with E-state index in [9.17, 15) is 14.3 Å². The summed E-state index contributed by atoms with van der Waals surface area (Å²) in [5, 5.41) is 16.5. The van der Waals surface area contributed by atoms with Crippen LogP contribution in [0.25, 0.3) is 0 Å². The third kappa shape index (κ3) is 2.78. The maximum Gasteiger partial charge on any atom is 0.344 e. The summed E-state index contributed by atoms with van der Waals surface area (Å²) in [6.07, 6.45) is -0.933. The van der Waals surface area contributed by atoms with Crippen LogP contribution in [0.2, 0.25) is 0 Å². The maximum absolute atomic E-state index is 13.8. The minimum atomic E-state index is -0.933. The molecule has 2 aromatic rings. The molecule has 1 unspecified atom stereocenters. The number of nitrogens with zero attached hydrogens (tertiary/aromatic N) is 2. The van der Waals surface area contributed by atoms with Gasteiger partial charge in [-0.3, -0.25) is 4.57 Å². The van der Waals surface area contributed by atoms with Crippen molar-refractivity contribution in [3.05, 3.63) is 40.1 Å². The summed E-state index contributed by atoms with van der Waals surface area (Å²) < 4.78 is 15.3. The number of hydrogen-bond donors (Lipinski definition) is 2. The number of rotatable bonds is 4. The zero-order chi connectivity index (χ0) is 14.9. The average molecular weight is 297 g/mol. The Morgan fingerprint density at radius 1 is 1.40 bits per heavy atom. The highest BCUT2D eigenvalue weighted by molar-refractivity contribution is 7.99. The standard InChI is InChI=1S/C13H16FN3O2S/c1-7(2)17-12(19)15-16-13(17)20-10-6-4-5-9(14)11(10)8(3)18/h4-8,18H,1-3H3,(H,15,19). The molecule has 0 fully saturated rings. The number of aliphatic hydroxyl groups excluding tert-OH is 1. The predicted molar refractivity (Wildman–Crippen MR) is 74.4 cm³/mol. The van der Waals surface area contributed by atoms with Gasteiger partial charge < -0.3 is 5.11 Å². The van der Waals surface area contributed by atoms with Gasteiger partial charge in [0.2, 0.25) is 0 Å². The zero-order valence-electron chi connectivity index (χ0n) is 11.4. The van der Waals surface area contributed by atoms with E-state index in [1.807, 2.05) is 13.8 Å². The van der Waals surface area contributed by atoms with E-state index in [2.05, 4.69) is 10.2 Å². The summed E-state index contributed by atoms with van der Waals surface area (Å²) in [4.78, 5) is 12.2. The van der Waals surface area contributed by atoms with Crippen LogP contribution in [0.1, 0.15) is 38.5 Å². The van der Waals surface area contributed by atoms with Crippen molar-refractivity contribution in [1.29, 1.82) is 0 Å². The van der Waals surface area contributed by atoms with E-state index in [4.69, 9.17) is 0 Å². The molecule has 1 aromatic carbocycles. The third-order valence-electron chi connectivity index (χ3n) is 2.82. The van der Waals surface area contributed by atoms with Gasteiger partial charge in [0, 0.05) is 16.5 Å². The van der Waals surface area contributed by atoms with Crippen LogP contribution in [0.5, 0.6) is 0 Å². The lowest BCUT2D eigenvalue weighted by atomic mass is 10.1. The molecule has 0 aliphatic rings. The molecule has 7 heteroatoms. The largest absolute Gasteiger partial charge is 0.389 e. The van der Waals surface area contributed by atoms with Gasteiger partial charge in [0.1, 0.15) is 5.82 Å². The van der Waals surface area contributed by atoms with Crippen LogP contribution in [0.4, 0.5) is 4.39 Å². The second-order valence-corrected chi connectivity index (χ2v) is 5.71. The molecule has 5 nitrogen and oxygen atoms in total. The number of aromatic amines is 1. The first-order chi connectivity index (χ1) is 9.41. The maximum atomic E-state index is 13.8. The van der Waals surface area contributed by atoms with Crippen LogP contribution in [0.3, 0.4) is 0 Å². The predicted octanol–water partition coefficient (Wildman–Crippen LogP) is 2.50. The van der Waals surface area contributed by atoms with Crippen LogP contribution in [-0.4, -0.2) is 19.9 Å². The van der Waals surface area contributed by atoms with Gasteiger partial charge in [0.05, 0.1) is 6.10 Å². The van der Waals surface area contributed by atoms with Gasteiger partial charge in [-0.25, -0.2) is 14.3 Å². The number of hydrogen-bond acceptors (Lipinski definition) is 4. The topological polar surface area (TPSA) is 70.9 Å². The molecule has 0 amide bonds. The molecule has 2 N–H and O–H groups in total. The summed E-state index contributed by atoms with van der Waals surface area (Å²) in [5.41, 5.74) is -0.0965. The molecular formula is C13H16FN3O2S. The van der Waals surface area contributed by atoms with Crippen LogP contribution in [0.15, 0.2) is 33.0 Å². The van der Waals surface area contributed by atoms with Gasteiger partial charge in [-0.05, 0) is 44.7 Å². The first-order valence-corrected chi connectivity index (χ1v) is 7.04. The lowest BCUT2D eigenvalue weighted by Gasteiger charge is -2.13. The quantitative estimate of drug-likeness (QED) is 0.909. The summed E-state index contributed by atoms with van der Waals surface area (Å²) in [7, 11) is 0. The molecule has 2 rings (SSSR count). The monoisotopic (exact) mass is 297 g/mol. The molecule has 1 heterocycles. The molecular weight excluding hydrogens is 281 g/mol. The second kappa shape index (κ2) is 5.80. The summed E-state index contributed by atoms with van der Waals surface area (Å²) >= 11 is 1.15. The van der Waals surface area contributed by atoms with E-state index in [-0.39, 0.29) is 17.3 Å². The van der Waals surface area contributed by atoms with Crippen molar-refractivity contribution in [2.24, 2.45) is 0 Å². The van der Waals surface area contributed by atoms with Crippen molar-refractivity contribution in [3.63, 3.8) is 0 Å². The number of halogens is 1. The molecule has 0 aliphatic heterocycles. The lowest BCUT2D eigenvalue weighted by molar-refractivity contribution is 0.191. The van der Waals surface area contributed by atoms with Crippen molar-refractivity contribution < 1.29 is 9.50 Å².